The van der Waals surface area contributed by atoms with Gasteiger partial charge >= 0.3 is 8.56 Å². The molecule has 0 aromatic rings. The van der Waals surface area contributed by atoms with Gasteiger partial charge in [0.05, 0.1) is 0 Å². The van der Waals surface area contributed by atoms with Crippen LogP contribution in [0.25, 0.3) is 0 Å². The largest absolute Gasteiger partial charge is 0.398 e. The number of hydrogen-bond acceptors (Lipinski definition) is 3. The van der Waals surface area contributed by atoms with Crippen molar-refractivity contribution < 1.29 is 8.85 Å². The fourth-order valence-electron chi connectivity index (χ4n) is 2.76. The highest BCUT2D eigenvalue weighted by molar-refractivity contribution is 6.67. The zero-order valence-corrected chi connectivity index (χ0v) is 16.0. The Hall–Kier alpha value is 0.0969. The maximum atomic E-state index is 5.61. The Morgan fingerprint density at radius 1 is 0.762 bits per heavy atom. The molecule has 1 unspecified atom stereocenters. The van der Waals surface area contributed by atoms with E-state index in [9.17, 15) is 0 Å². The van der Waals surface area contributed by atoms with Crippen molar-refractivity contribution in [3.8, 4) is 0 Å². The van der Waals surface area contributed by atoms with Crippen LogP contribution in [-0.2, 0) is 8.85 Å². The van der Waals surface area contributed by atoms with Gasteiger partial charge in [-0.15, -0.1) is 0 Å². The second-order valence-electron chi connectivity index (χ2n) is 6.44. The topological polar surface area (TPSA) is 44.5 Å². The molecule has 2 N–H and O–H groups in total. The molecule has 0 spiro atoms. The molecule has 1 atom stereocenters. The monoisotopic (exact) mass is 317 g/mol. The van der Waals surface area contributed by atoms with E-state index in [4.69, 9.17) is 14.6 Å². The molecule has 0 fully saturated rings. The van der Waals surface area contributed by atoms with Gasteiger partial charge in [-0.05, 0) is 31.5 Å². The van der Waals surface area contributed by atoms with Crippen LogP contribution in [0.5, 0.6) is 0 Å². The lowest BCUT2D eigenvalue weighted by Crippen LogP contribution is -2.40. The first-order chi connectivity index (χ1) is 10.1. The summed E-state index contributed by atoms with van der Waals surface area (Å²) < 4.78 is 11.2. The lowest BCUT2D eigenvalue weighted by Gasteiger charge is -2.29. The number of hydrogen-bond donors (Lipinski definition) is 1. The third kappa shape index (κ3) is 10.4. The molecule has 0 radical (unpaired) electrons. The van der Waals surface area contributed by atoms with Crippen LogP contribution in [0.15, 0.2) is 0 Å². The predicted molar refractivity (Wildman–Crippen MR) is 94.9 cm³/mol. The van der Waals surface area contributed by atoms with Gasteiger partial charge < -0.3 is 14.6 Å². The van der Waals surface area contributed by atoms with Crippen LogP contribution in [0.4, 0.5) is 0 Å². The molecule has 0 bridgehead atoms. The Bertz CT molecular complexity index is 223. The van der Waals surface area contributed by atoms with Crippen LogP contribution in [0.1, 0.15) is 77.6 Å². The van der Waals surface area contributed by atoms with E-state index in [0.29, 0.717) is 5.54 Å². The first-order valence-corrected chi connectivity index (χ1v) is 11.3. The molecule has 0 saturated heterocycles. The summed E-state index contributed by atoms with van der Waals surface area (Å²) in [5.41, 5.74) is 6.07. The Kier molecular flexibility index (Phi) is 13.8. The second-order valence-corrected chi connectivity index (χ2v) is 10.3. The minimum absolute atomic E-state index is 0.579. The molecule has 21 heavy (non-hydrogen) atoms. The van der Waals surface area contributed by atoms with Crippen LogP contribution in [-0.4, -0.2) is 29.3 Å². The number of unbranched alkanes of at least 4 members (excludes halogenated alkanes) is 9. The Morgan fingerprint density at radius 2 is 1.14 bits per heavy atom. The van der Waals surface area contributed by atoms with E-state index in [1.165, 1.54) is 70.6 Å². The standard InChI is InChI=1S/C17H39NO2Si/c1-17(21(4,19-2)20-3)15-13-11-9-7-5-6-8-10-12-14-16-18/h17H,5-16,18H2,1-4H3. The Balaban J connectivity index is 3.36. The van der Waals surface area contributed by atoms with E-state index >= 15 is 0 Å². The van der Waals surface area contributed by atoms with Crippen molar-refractivity contribution in [2.24, 2.45) is 5.73 Å². The fourth-order valence-corrected chi connectivity index (χ4v) is 4.46. The summed E-state index contributed by atoms with van der Waals surface area (Å²) in [4.78, 5) is 0. The van der Waals surface area contributed by atoms with Crippen LogP contribution in [0.2, 0.25) is 12.1 Å². The lowest BCUT2D eigenvalue weighted by atomic mass is 10.1. The van der Waals surface area contributed by atoms with Gasteiger partial charge in [-0.2, -0.15) is 0 Å². The maximum Gasteiger partial charge on any atom is 0.337 e. The highest BCUT2D eigenvalue weighted by Gasteiger charge is 2.35. The van der Waals surface area contributed by atoms with Gasteiger partial charge in [0.15, 0.2) is 0 Å². The van der Waals surface area contributed by atoms with Crippen LogP contribution >= 0.6 is 0 Å². The van der Waals surface area contributed by atoms with Gasteiger partial charge in [-0.1, -0.05) is 64.7 Å². The van der Waals surface area contributed by atoms with E-state index in [2.05, 4.69) is 13.5 Å². The van der Waals surface area contributed by atoms with Gasteiger partial charge in [0, 0.05) is 14.2 Å². The minimum atomic E-state index is -1.91. The molecule has 4 heteroatoms. The number of nitrogens with two attached hydrogens (primary N) is 1. The summed E-state index contributed by atoms with van der Waals surface area (Å²) in [6.45, 7) is 5.30. The normalized spacial score (nSPS) is 13.6. The molecule has 0 aliphatic rings. The van der Waals surface area contributed by atoms with Gasteiger partial charge in [-0.25, -0.2) is 0 Å². The third-order valence-corrected chi connectivity index (χ3v) is 8.50. The van der Waals surface area contributed by atoms with Gasteiger partial charge in [0.2, 0.25) is 0 Å². The third-order valence-electron chi connectivity index (χ3n) is 4.80. The van der Waals surface area contributed by atoms with E-state index in [0.717, 1.165) is 6.54 Å². The first-order valence-electron chi connectivity index (χ1n) is 8.91. The van der Waals surface area contributed by atoms with Gasteiger partial charge in [-0.3, -0.25) is 0 Å². The van der Waals surface area contributed by atoms with E-state index in [1.807, 2.05) is 0 Å². The maximum absolute atomic E-state index is 5.61. The Labute approximate surface area is 134 Å². The fraction of sp³-hybridized carbons (Fsp3) is 1.00. The van der Waals surface area contributed by atoms with Crippen molar-refractivity contribution in [3.05, 3.63) is 0 Å². The predicted octanol–water partition coefficient (Wildman–Crippen LogP) is 4.99. The van der Waals surface area contributed by atoms with Crippen molar-refractivity contribution >= 4 is 8.56 Å². The summed E-state index contributed by atoms with van der Waals surface area (Å²) in [5, 5.41) is 0. The zero-order chi connectivity index (χ0) is 16.0. The van der Waals surface area contributed by atoms with Crippen LogP contribution < -0.4 is 5.73 Å². The van der Waals surface area contributed by atoms with Crippen molar-refractivity contribution in [2.75, 3.05) is 20.8 Å². The molecule has 0 rings (SSSR count). The summed E-state index contributed by atoms with van der Waals surface area (Å²) in [6.07, 6.45) is 14.8. The summed E-state index contributed by atoms with van der Waals surface area (Å²) in [7, 11) is 1.68. The quantitative estimate of drug-likeness (QED) is 0.342. The molecule has 128 valence electrons. The summed E-state index contributed by atoms with van der Waals surface area (Å²) in [6, 6.07) is 0. The highest BCUT2D eigenvalue weighted by Crippen LogP contribution is 2.28. The average Bonchev–Trinajstić information content (AvgIpc) is 2.51. The van der Waals surface area contributed by atoms with Crippen LogP contribution in [0, 0.1) is 0 Å². The van der Waals surface area contributed by atoms with E-state index in [-0.39, 0.29) is 0 Å². The smallest absolute Gasteiger partial charge is 0.337 e. The zero-order valence-electron chi connectivity index (χ0n) is 15.0. The molecule has 3 nitrogen and oxygen atoms in total. The number of rotatable bonds is 15. The molecule has 0 aliphatic heterocycles. The van der Waals surface area contributed by atoms with Crippen molar-refractivity contribution in [1.29, 1.82) is 0 Å². The molecule has 0 aliphatic carbocycles. The molecule has 0 heterocycles. The first kappa shape index (κ1) is 21.1. The van der Waals surface area contributed by atoms with Gasteiger partial charge in [0.25, 0.3) is 0 Å². The van der Waals surface area contributed by atoms with Crippen molar-refractivity contribution in [1.82, 2.24) is 0 Å². The lowest BCUT2D eigenvalue weighted by molar-refractivity contribution is 0.235. The Morgan fingerprint density at radius 3 is 1.52 bits per heavy atom. The van der Waals surface area contributed by atoms with Crippen LogP contribution in [0.3, 0.4) is 0 Å². The summed E-state index contributed by atoms with van der Waals surface area (Å²) in [5.74, 6) is 0. The highest BCUT2D eigenvalue weighted by atomic mass is 28.4. The molecule has 0 aromatic carbocycles. The molecule has 0 aromatic heterocycles. The molecule has 0 saturated carbocycles. The SMILES string of the molecule is CO[Si](C)(OC)C(C)CCCCCCCCCCCCN. The van der Waals surface area contributed by atoms with Crippen molar-refractivity contribution in [3.63, 3.8) is 0 Å². The summed E-state index contributed by atoms with van der Waals surface area (Å²) >= 11 is 0. The van der Waals surface area contributed by atoms with Gasteiger partial charge in [0.1, 0.15) is 0 Å². The van der Waals surface area contributed by atoms with Crippen molar-refractivity contribution in [2.45, 2.75) is 89.6 Å². The average molecular weight is 318 g/mol. The molecule has 0 amide bonds. The second kappa shape index (κ2) is 13.7. The molecular formula is C17H39NO2Si. The minimum Gasteiger partial charge on any atom is -0.398 e. The van der Waals surface area contributed by atoms with E-state index < -0.39 is 8.56 Å². The van der Waals surface area contributed by atoms with E-state index in [1.54, 1.807) is 14.2 Å². The molecular weight excluding hydrogens is 278 g/mol.